The lowest BCUT2D eigenvalue weighted by atomic mass is 9.92. The lowest BCUT2D eigenvalue weighted by molar-refractivity contribution is -0.140. The summed E-state index contributed by atoms with van der Waals surface area (Å²) in [4.78, 5) is 24.7. The van der Waals surface area contributed by atoms with Crippen LogP contribution in [0.3, 0.4) is 0 Å². The number of hydrogen-bond donors (Lipinski definition) is 1. The lowest BCUT2D eigenvalue weighted by Crippen LogP contribution is -2.35. The normalized spacial score (nSPS) is 20.3. The van der Waals surface area contributed by atoms with E-state index in [0.717, 1.165) is 0 Å². The molecule has 0 radical (unpaired) electrons. The average molecular weight is 214 g/mol. The summed E-state index contributed by atoms with van der Waals surface area (Å²) in [6, 6.07) is 0. The second-order valence-corrected chi connectivity index (χ2v) is 4.65. The third-order valence-electron chi connectivity index (χ3n) is 2.30. The molecule has 0 aliphatic carbocycles. The number of hydrogen-bond acceptors (Lipinski definition) is 3. The van der Waals surface area contributed by atoms with Gasteiger partial charge in [-0.15, -0.1) is 0 Å². The second-order valence-electron chi connectivity index (χ2n) is 4.13. The zero-order valence-corrected chi connectivity index (χ0v) is 9.19. The van der Waals surface area contributed by atoms with Crippen molar-refractivity contribution in [2.45, 2.75) is 26.7 Å². The Balaban J connectivity index is 2.67. The summed E-state index contributed by atoms with van der Waals surface area (Å²) in [5.41, 5.74) is 4.75. The van der Waals surface area contributed by atoms with Crippen LogP contribution >= 0.6 is 12.2 Å². The molecule has 2 amide bonds. The van der Waals surface area contributed by atoms with Gasteiger partial charge in [-0.05, 0) is 0 Å². The highest BCUT2D eigenvalue weighted by atomic mass is 32.1. The van der Waals surface area contributed by atoms with Crippen molar-refractivity contribution >= 4 is 29.0 Å². The predicted molar refractivity (Wildman–Crippen MR) is 56.5 cm³/mol. The summed E-state index contributed by atoms with van der Waals surface area (Å²) in [5.74, 6) is -0.255. The number of nitrogens with two attached hydrogens (primary N) is 1. The van der Waals surface area contributed by atoms with Crippen molar-refractivity contribution in [3.05, 3.63) is 0 Å². The van der Waals surface area contributed by atoms with Crippen LogP contribution in [0.1, 0.15) is 26.7 Å². The molecule has 4 nitrogen and oxygen atoms in total. The van der Waals surface area contributed by atoms with E-state index in [-0.39, 0.29) is 18.2 Å². The highest BCUT2D eigenvalue weighted by molar-refractivity contribution is 7.80. The van der Waals surface area contributed by atoms with E-state index in [2.05, 4.69) is 0 Å². The molecule has 1 aliphatic heterocycles. The Morgan fingerprint density at radius 3 is 2.50 bits per heavy atom. The quantitative estimate of drug-likeness (QED) is 0.547. The highest BCUT2D eigenvalue weighted by Crippen LogP contribution is 2.31. The molecule has 78 valence electrons. The largest absolute Gasteiger partial charge is 0.393 e. The van der Waals surface area contributed by atoms with Crippen molar-refractivity contribution in [1.29, 1.82) is 0 Å². The van der Waals surface area contributed by atoms with Gasteiger partial charge in [0, 0.05) is 19.4 Å². The van der Waals surface area contributed by atoms with Crippen LogP contribution in [-0.2, 0) is 9.59 Å². The Kier molecular flexibility index (Phi) is 2.89. The molecular weight excluding hydrogens is 200 g/mol. The summed E-state index contributed by atoms with van der Waals surface area (Å²) in [6.07, 6.45) is 0.687. The zero-order chi connectivity index (χ0) is 10.9. The van der Waals surface area contributed by atoms with E-state index in [1.807, 2.05) is 0 Å². The maximum atomic E-state index is 11.7. The Morgan fingerprint density at radius 2 is 2.14 bits per heavy atom. The van der Waals surface area contributed by atoms with E-state index in [1.165, 1.54) is 4.90 Å². The van der Waals surface area contributed by atoms with E-state index in [9.17, 15) is 9.59 Å². The summed E-state index contributed by atoms with van der Waals surface area (Å²) >= 11 is 4.69. The van der Waals surface area contributed by atoms with Gasteiger partial charge in [-0.2, -0.15) is 0 Å². The molecule has 0 aromatic carbocycles. The van der Waals surface area contributed by atoms with E-state index in [4.69, 9.17) is 18.0 Å². The molecule has 0 bridgehead atoms. The average Bonchev–Trinajstić information content (AvgIpc) is 2.19. The fourth-order valence-corrected chi connectivity index (χ4v) is 1.57. The number of likely N-dealkylation sites (tertiary alicyclic amines) is 1. The smallest absolute Gasteiger partial charge is 0.235 e. The van der Waals surface area contributed by atoms with Gasteiger partial charge >= 0.3 is 0 Å². The molecule has 0 spiro atoms. The van der Waals surface area contributed by atoms with Crippen LogP contribution in [0.2, 0.25) is 0 Å². The second kappa shape index (κ2) is 3.65. The van der Waals surface area contributed by atoms with Crippen LogP contribution < -0.4 is 5.73 Å². The van der Waals surface area contributed by atoms with Gasteiger partial charge in [0.2, 0.25) is 11.8 Å². The van der Waals surface area contributed by atoms with Crippen LogP contribution in [0, 0.1) is 5.41 Å². The lowest BCUT2D eigenvalue weighted by Gasteiger charge is -2.17. The first kappa shape index (κ1) is 11.1. The zero-order valence-electron chi connectivity index (χ0n) is 8.37. The van der Waals surface area contributed by atoms with E-state index < -0.39 is 5.41 Å². The van der Waals surface area contributed by atoms with Gasteiger partial charge in [0.15, 0.2) is 0 Å². The highest BCUT2D eigenvalue weighted by Gasteiger charge is 2.44. The summed E-state index contributed by atoms with van der Waals surface area (Å²) < 4.78 is 0. The summed E-state index contributed by atoms with van der Waals surface area (Å²) in [6.45, 7) is 3.86. The summed E-state index contributed by atoms with van der Waals surface area (Å²) in [7, 11) is 0. The van der Waals surface area contributed by atoms with E-state index >= 15 is 0 Å². The van der Waals surface area contributed by atoms with Crippen molar-refractivity contribution in [3.63, 3.8) is 0 Å². The van der Waals surface area contributed by atoms with Gasteiger partial charge in [-0.1, -0.05) is 26.1 Å². The first-order chi connectivity index (χ1) is 6.34. The number of thiocarbonyl (C=S) groups is 1. The number of nitrogens with zero attached hydrogens (tertiary/aromatic N) is 1. The van der Waals surface area contributed by atoms with Crippen LogP contribution in [0.4, 0.5) is 0 Å². The third kappa shape index (κ3) is 2.09. The Bertz CT molecular complexity index is 299. The molecular formula is C9H14N2O2S. The van der Waals surface area contributed by atoms with Crippen LogP contribution in [-0.4, -0.2) is 28.2 Å². The van der Waals surface area contributed by atoms with Crippen molar-refractivity contribution < 1.29 is 9.59 Å². The first-order valence-electron chi connectivity index (χ1n) is 4.48. The van der Waals surface area contributed by atoms with E-state index in [0.29, 0.717) is 18.0 Å². The minimum absolute atomic E-state index is 0.126. The molecule has 1 aliphatic rings. The maximum absolute atomic E-state index is 11.7. The number of carbonyl (C=O) groups is 2. The predicted octanol–water partition coefficient (Wildman–Crippen LogP) is 0.448. The maximum Gasteiger partial charge on any atom is 0.235 e. The minimum atomic E-state index is -0.562. The first-order valence-corrected chi connectivity index (χ1v) is 4.88. The van der Waals surface area contributed by atoms with Crippen LogP contribution in [0.15, 0.2) is 0 Å². The number of rotatable bonds is 3. The SMILES string of the molecule is CC1(C)CC(=O)N(CCC(N)=S)C1=O. The van der Waals surface area contributed by atoms with E-state index in [1.54, 1.807) is 13.8 Å². The van der Waals surface area contributed by atoms with Crippen molar-refractivity contribution in [2.75, 3.05) is 6.54 Å². The number of imide groups is 1. The van der Waals surface area contributed by atoms with Gasteiger partial charge in [0.1, 0.15) is 0 Å². The van der Waals surface area contributed by atoms with Gasteiger partial charge in [-0.25, -0.2) is 0 Å². The molecule has 0 aromatic rings. The van der Waals surface area contributed by atoms with Crippen LogP contribution in [0.5, 0.6) is 0 Å². The third-order valence-corrected chi connectivity index (χ3v) is 2.50. The van der Waals surface area contributed by atoms with Crippen molar-refractivity contribution in [1.82, 2.24) is 4.90 Å². The molecule has 0 atom stereocenters. The molecule has 5 heteroatoms. The fourth-order valence-electron chi connectivity index (χ4n) is 1.48. The Morgan fingerprint density at radius 1 is 1.57 bits per heavy atom. The Hall–Kier alpha value is -0.970. The molecule has 1 heterocycles. The molecule has 0 saturated carbocycles. The van der Waals surface area contributed by atoms with Gasteiger partial charge < -0.3 is 5.73 Å². The molecule has 1 fully saturated rings. The molecule has 1 rings (SSSR count). The molecule has 2 N–H and O–H groups in total. The van der Waals surface area contributed by atoms with Gasteiger partial charge in [0.25, 0.3) is 0 Å². The molecule has 14 heavy (non-hydrogen) atoms. The van der Waals surface area contributed by atoms with Crippen molar-refractivity contribution in [2.24, 2.45) is 11.1 Å². The molecule has 1 saturated heterocycles. The fraction of sp³-hybridized carbons (Fsp3) is 0.667. The van der Waals surface area contributed by atoms with Gasteiger partial charge in [-0.3, -0.25) is 14.5 Å². The number of carbonyl (C=O) groups excluding carboxylic acids is 2. The molecule has 0 aromatic heterocycles. The summed E-state index contributed by atoms with van der Waals surface area (Å²) in [5, 5.41) is 0. The van der Waals surface area contributed by atoms with Crippen LogP contribution in [0.25, 0.3) is 0 Å². The monoisotopic (exact) mass is 214 g/mol. The van der Waals surface area contributed by atoms with Gasteiger partial charge in [0.05, 0.1) is 10.4 Å². The van der Waals surface area contributed by atoms with Crippen molar-refractivity contribution in [3.8, 4) is 0 Å². The molecule has 0 unspecified atom stereocenters. The Labute approximate surface area is 88.4 Å². The standard InChI is InChI=1S/C9H14N2O2S/c1-9(2)5-7(12)11(8(9)13)4-3-6(10)14/h3-5H2,1-2H3,(H2,10,14). The topological polar surface area (TPSA) is 63.4 Å². The number of amides is 2. The minimum Gasteiger partial charge on any atom is -0.393 e.